The van der Waals surface area contributed by atoms with Crippen LogP contribution in [0, 0.1) is 23.7 Å². The summed E-state index contributed by atoms with van der Waals surface area (Å²) in [5.74, 6) is 1.10. The van der Waals surface area contributed by atoms with Crippen molar-refractivity contribution in [1.82, 2.24) is 4.90 Å². The zero-order valence-corrected chi connectivity index (χ0v) is 10.4. The van der Waals surface area contributed by atoms with E-state index >= 15 is 0 Å². The second-order valence-electron chi connectivity index (χ2n) is 6.65. The van der Waals surface area contributed by atoms with E-state index in [1.54, 1.807) is 0 Å². The molecule has 2 heterocycles. The van der Waals surface area contributed by atoms with Crippen molar-refractivity contribution < 1.29 is 14.7 Å². The van der Waals surface area contributed by atoms with E-state index in [0.717, 1.165) is 37.5 Å². The Labute approximate surface area is 106 Å². The van der Waals surface area contributed by atoms with E-state index < -0.39 is 5.97 Å². The van der Waals surface area contributed by atoms with Gasteiger partial charge in [0.15, 0.2) is 0 Å². The highest BCUT2D eigenvalue weighted by atomic mass is 16.4. The van der Waals surface area contributed by atoms with Crippen LogP contribution < -0.4 is 0 Å². The summed E-state index contributed by atoms with van der Waals surface area (Å²) in [4.78, 5) is 25.7. The summed E-state index contributed by atoms with van der Waals surface area (Å²) in [5.41, 5.74) is 0. The molecule has 5 atom stereocenters. The molecule has 0 spiro atoms. The number of carbonyl (C=O) groups excluding carboxylic acids is 1. The molecule has 0 aromatic rings. The van der Waals surface area contributed by atoms with Gasteiger partial charge in [-0.3, -0.25) is 9.59 Å². The number of hydrogen-bond donors (Lipinski definition) is 1. The lowest BCUT2D eigenvalue weighted by atomic mass is 9.89. The van der Waals surface area contributed by atoms with Crippen molar-refractivity contribution in [2.45, 2.75) is 50.6 Å². The fourth-order valence-corrected chi connectivity index (χ4v) is 4.72. The average molecular weight is 249 g/mol. The van der Waals surface area contributed by atoms with Gasteiger partial charge in [-0.15, -0.1) is 0 Å². The average Bonchev–Trinajstić information content (AvgIpc) is 2.78. The van der Waals surface area contributed by atoms with E-state index in [1.807, 2.05) is 4.90 Å². The van der Waals surface area contributed by atoms with Crippen LogP contribution in [0.5, 0.6) is 0 Å². The molecule has 0 aromatic heterocycles. The van der Waals surface area contributed by atoms with E-state index in [9.17, 15) is 14.7 Å². The molecule has 1 N–H and O–H groups in total. The maximum atomic E-state index is 12.6. The van der Waals surface area contributed by atoms with E-state index in [4.69, 9.17) is 0 Å². The minimum absolute atomic E-state index is 0.00285. The predicted molar refractivity (Wildman–Crippen MR) is 63.7 cm³/mol. The highest BCUT2D eigenvalue weighted by Gasteiger charge is 2.55. The van der Waals surface area contributed by atoms with Crippen LogP contribution in [0.4, 0.5) is 0 Å². The highest BCUT2D eigenvalue weighted by Crippen LogP contribution is 2.55. The third kappa shape index (κ3) is 1.38. The Morgan fingerprint density at radius 1 is 1.00 bits per heavy atom. The van der Waals surface area contributed by atoms with Gasteiger partial charge in [0.1, 0.15) is 0 Å². The molecule has 2 bridgehead atoms. The Morgan fingerprint density at radius 2 is 1.72 bits per heavy atom. The molecule has 4 fully saturated rings. The Kier molecular flexibility index (Phi) is 2.10. The molecule has 0 radical (unpaired) electrons. The van der Waals surface area contributed by atoms with Crippen molar-refractivity contribution in [3.8, 4) is 0 Å². The van der Waals surface area contributed by atoms with Crippen molar-refractivity contribution in [1.29, 1.82) is 0 Å². The summed E-state index contributed by atoms with van der Waals surface area (Å²) in [6.45, 7) is 0. The second kappa shape index (κ2) is 3.49. The first-order valence-corrected chi connectivity index (χ1v) is 7.20. The zero-order chi connectivity index (χ0) is 12.4. The van der Waals surface area contributed by atoms with Crippen LogP contribution in [-0.4, -0.2) is 34.0 Å². The SMILES string of the molecule is O=C(O)C1CC2CCC1N2C(=O)C1CC2CC2C1. The van der Waals surface area contributed by atoms with Crippen LogP contribution in [0.1, 0.15) is 38.5 Å². The monoisotopic (exact) mass is 249 g/mol. The molecule has 0 aromatic carbocycles. The number of nitrogens with zero attached hydrogens (tertiary/aromatic N) is 1. The van der Waals surface area contributed by atoms with Crippen LogP contribution in [0.25, 0.3) is 0 Å². The molecular formula is C14H19NO3. The van der Waals surface area contributed by atoms with Gasteiger partial charge in [-0.05, 0) is 50.4 Å². The van der Waals surface area contributed by atoms with E-state index in [0.29, 0.717) is 6.42 Å². The summed E-state index contributed by atoms with van der Waals surface area (Å²) in [6.07, 6.45) is 6.06. The van der Waals surface area contributed by atoms with E-state index in [-0.39, 0.29) is 29.8 Å². The fraction of sp³-hybridized carbons (Fsp3) is 0.857. The van der Waals surface area contributed by atoms with Gasteiger partial charge in [0.25, 0.3) is 0 Å². The molecule has 4 rings (SSSR count). The Balaban J connectivity index is 1.51. The fourth-order valence-electron chi connectivity index (χ4n) is 4.72. The van der Waals surface area contributed by atoms with Crippen molar-refractivity contribution in [3.63, 3.8) is 0 Å². The molecular weight excluding hydrogens is 230 g/mol. The van der Waals surface area contributed by atoms with Gasteiger partial charge >= 0.3 is 5.97 Å². The number of aliphatic carboxylic acids is 1. The van der Waals surface area contributed by atoms with E-state index in [2.05, 4.69) is 0 Å². The van der Waals surface area contributed by atoms with Crippen LogP contribution in [0.3, 0.4) is 0 Å². The van der Waals surface area contributed by atoms with Gasteiger partial charge < -0.3 is 10.0 Å². The lowest BCUT2D eigenvalue weighted by molar-refractivity contribution is -0.143. The van der Waals surface area contributed by atoms with Crippen LogP contribution in [-0.2, 0) is 9.59 Å². The number of fused-ring (bicyclic) bond motifs is 3. The smallest absolute Gasteiger partial charge is 0.308 e. The van der Waals surface area contributed by atoms with Gasteiger partial charge in [-0.25, -0.2) is 0 Å². The summed E-state index contributed by atoms with van der Waals surface area (Å²) < 4.78 is 0. The Hall–Kier alpha value is -1.06. The van der Waals surface area contributed by atoms with Crippen LogP contribution >= 0.6 is 0 Å². The number of carbonyl (C=O) groups is 2. The molecule has 4 nitrogen and oxygen atoms in total. The number of carboxylic acid groups (broad SMARTS) is 1. The summed E-state index contributed by atoms with van der Waals surface area (Å²) in [6, 6.07) is 0.220. The normalized spacial score (nSPS) is 48.3. The third-order valence-corrected chi connectivity index (χ3v) is 5.70. The standard InChI is InChI=1S/C14H19NO3/c16-13(9-4-7-3-8(7)5-9)15-10-1-2-12(15)11(6-10)14(17)18/h7-12H,1-6H2,(H,17,18). The van der Waals surface area contributed by atoms with Gasteiger partial charge in [-0.2, -0.15) is 0 Å². The molecule has 5 unspecified atom stereocenters. The predicted octanol–water partition coefficient (Wildman–Crippen LogP) is 1.50. The maximum absolute atomic E-state index is 12.6. The zero-order valence-electron chi connectivity index (χ0n) is 10.4. The lowest BCUT2D eigenvalue weighted by Crippen LogP contribution is -2.41. The first kappa shape index (κ1) is 10.8. The van der Waals surface area contributed by atoms with Gasteiger partial charge in [0.2, 0.25) is 5.91 Å². The summed E-state index contributed by atoms with van der Waals surface area (Å²) in [5, 5.41) is 9.21. The molecule has 2 aliphatic heterocycles. The first-order chi connectivity index (χ1) is 8.65. The molecule has 18 heavy (non-hydrogen) atoms. The van der Waals surface area contributed by atoms with E-state index in [1.165, 1.54) is 6.42 Å². The largest absolute Gasteiger partial charge is 0.481 e. The molecule has 98 valence electrons. The Bertz CT molecular complexity index is 411. The molecule has 2 saturated heterocycles. The summed E-state index contributed by atoms with van der Waals surface area (Å²) >= 11 is 0. The van der Waals surface area contributed by atoms with Crippen LogP contribution in [0.15, 0.2) is 0 Å². The summed E-state index contributed by atoms with van der Waals surface area (Å²) in [7, 11) is 0. The minimum atomic E-state index is -0.714. The molecule has 2 saturated carbocycles. The molecule has 4 aliphatic rings. The number of hydrogen-bond acceptors (Lipinski definition) is 2. The van der Waals surface area contributed by atoms with Crippen molar-refractivity contribution in [3.05, 3.63) is 0 Å². The highest BCUT2D eigenvalue weighted by molar-refractivity contribution is 5.83. The van der Waals surface area contributed by atoms with Gasteiger partial charge in [0, 0.05) is 18.0 Å². The van der Waals surface area contributed by atoms with Gasteiger partial charge in [0.05, 0.1) is 5.92 Å². The molecule has 2 aliphatic carbocycles. The number of rotatable bonds is 2. The quantitative estimate of drug-likeness (QED) is 0.806. The molecule has 1 amide bonds. The van der Waals surface area contributed by atoms with Crippen molar-refractivity contribution >= 4 is 11.9 Å². The molecule has 4 heteroatoms. The van der Waals surface area contributed by atoms with Crippen molar-refractivity contribution in [2.24, 2.45) is 23.7 Å². The van der Waals surface area contributed by atoms with Gasteiger partial charge in [-0.1, -0.05) is 0 Å². The first-order valence-electron chi connectivity index (χ1n) is 7.20. The van der Waals surface area contributed by atoms with Crippen molar-refractivity contribution in [2.75, 3.05) is 0 Å². The minimum Gasteiger partial charge on any atom is -0.481 e. The maximum Gasteiger partial charge on any atom is 0.308 e. The number of amides is 1. The topological polar surface area (TPSA) is 57.6 Å². The second-order valence-corrected chi connectivity index (χ2v) is 6.65. The Morgan fingerprint density at radius 3 is 2.33 bits per heavy atom. The van der Waals surface area contributed by atoms with Crippen LogP contribution in [0.2, 0.25) is 0 Å². The third-order valence-electron chi connectivity index (χ3n) is 5.70. The number of carboxylic acids is 1. The lowest BCUT2D eigenvalue weighted by Gasteiger charge is -2.26.